The van der Waals surface area contributed by atoms with Crippen molar-refractivity contribution in [2.75, 3.05) is 5.75 Å². The maximum Gasteiger partial charge on any atom is 0.196 e. The number of carbonyl (C=O) groups is 1. The smallest absolute Gasteiger partial charge is 0.196 e. The fraction of sp³-hybridized carbons (Fsp3) is 0.357. The molecule has 0 saturated carbocycles. The Kier molecular flexibility index (Phi) is 3.74. The first-order chi connectivity index (χ1) is 8.45. The first-order valence-electron chi connectivity index (χ1n) is 5.77. The van der Waals surface area contributed by atoms with Crippen molar-refractivity contribution >= 4 is 28.2 Å². The average molecular weight is 283 g/mol. The van der Waals surface area contributed by atoms with E-state index < -0.39 is 15.0 Å². The molecule has 0 saturated heterocycles. The lowest BCUT2D eigenvalue weighted by Crippen LogP contribution is -2.41. The van der Waals surface area contributed by atoms with E-state index >= 15 is 0 Å². The Balaban J connectivity index is 2.38. The standard InChI is InChI=1S/C14H15ClO2S/c1-10-8-14(15,18(17)9-11(10)2)13(16)12-6-4-3-5-7-12/h3-7H,8-9H2,1-2H3/t14-,18-/m1/s1. The van der Waals surface area contributed by atoms with Crippen LogP contribution in [0.5, 0.6) is 0 Å². The Labute approximate surface area is 114 Å². The van der Waals surface area contributed by atoms with Crippen LogP contribution < -0.4 is 0 Å². The number of allylic oxidation sites excluding steroid dienone is 1. The topological polar surface area (TPSA) is 34.1 Å². The van der Waals surface area contributed by atoms with E-state index in [4.69, 9.17) is 11.6 Å². The molecule has 4 heteroatoms. The lowest BCUT2D eigenvalue weighted by molar-refractivity contribution is 0.0973. The summed E-state index contributed by atoms with van der Waals surface area (Å²) in [4.78, 5) is 12.4. The summed E-state index contributed by atoms with van der Waals surface area (Å²) in [5.74, 6) is 0.142. The second-order valence-electron chi connectivity index (χ2n) is 4.65. The third kappa shape index (κ3) is 2.29. The lowest BCUT2D eigenvalue weighted by Gasteiger charge is -2.30. The summed E-state index contributed by atoms with van der Waals surface area (Å²) >= 11 is 6.39. The van der Waals surface area contributed by atoms with E-state index in [1.54, 1.807) is 24.3 Å². The minimum atomic E-state index is -1.37. The second kappa shape index (κ2) is 4.98. The Morgan fingerprint density at radius 3 is 2.44 bits per heavy atom. The maximum absolute atomic E-state index is 12.4. The number of ketones is 1. The summed E-state index contributed by atoms with van der Waals surface area (Å²) in [7, 11) is -1.37. The van der Waals surface area contributed by atoms with Gasteiger partial charge < -0.3 is 0 Å². The fourth-order valence-corrected chi connectivity index (χ4v) is 4.04. The van der Waals surface area contributed by atoms with Gasteiger partial charge in [-0.25, -0.2) is 0 Å². The molecule has 0 aliphatic carbocycles. The molecule has 0 spiro atoms. The van der Waals surface area contributed by atoms with Gasteiger partial charge in [0.25, 0.3) is 0 Å². The van der Waals surface area contributed by atoms with Crippen LogP contribution in [0.15, 0.2) is 41.5 Å². The molecule has 0 amide bonds. The number of benzene rings is 1. The van der Waals surface area contributed by atoms with E-state index in [9.17, 15) is 9.00 Å². The first kappa shape index (κ1) is 13.5. The lowest BCUT2D eigenvalue weighted by atomic mass is 9.99. The van der Waals surface area contributed by atoms with E-state index in [0.717, 1.165) is 11.1 Å². The van der Waals surface area contributed by atoms with Gasteiger partial charge in [-0.15, -0.1) is 0 Å². The van der Waals surface area contributed by atoms with Crippen molar-refractivity contribution in [1.29, 1.82) is 0 Å². The minimum Gasteiger partial charge on any atom is -0.291 e. The van der Waals surface area contributed by atoms with Gasteiger partial charge in [-0.3, -0.25) is 9.00 Å². The second-order valence-corrected chi connectivity index (χ2v) is 7.20. The first-order valence-corrected chi connectivity index (χ1v) is 7.47. The summed E-state index contributed by atoms with van der Waals surface area (Å²) in [5.41, 5.74) is 2.66. The zero-order valence-electron chi connectivity index (χ0n) is 10.4. The van der Waals surface area contributed by atoms with Crippen LogP contribution >= 0.6 is 11.6 Å². The van der Waals surface area contributed by atoms with Gasteiger partial charge in [0, 0.05) is 17.7 Å². The molecule has 0 radical (unpaired) electrons. The SMILES string of the molecule is CC1=C(C)C[C@](Cl)(C(=O)c2ccccc2)[S@](=O)C1. The quantitative estimate of drug-likeness (QED) is 0.474. The van der Waals surface area contributed by atoms with Crippen LogP contribution in [0.3, 0.4) is 0 Å². The molecular formula is C14H15ClO2S. The number of carbonyl (C=O) groups excluding carboxylic acids is 1. The molecule has 18 heavy (non-hydrogen) atoms. The summed E-state index contributed by atoms with van der Waals surface area (Å²) < 4.78 is 10.9. The van der Waals surface area contributed by atoms with Crippen molar-refractivity contribution in [2.45, 2.75) is 24.5 Å². The molecule has 1 heterocycles. The maximum atomic E-state index is 12.4. The van der Waals surface area contributed by atoms with Gasteiger partial charge in [0.05, 0.1) is 10.8 Å². The van der Waals surface area contributed by atoms with Crippen molar-refractivity contribution in [1.82, 2.24) is 0 Å². The number of rotatable bonds is 2. The van der Waals surface area contributed by atoms with Crippen molar-refractivity contribution in [3.63, 3.8) is 0 Å². The molecule has 2 nitrogen and oxygen atoms in total. The molecule has 0 bridgehead atoms. The van der Waals surface area contributed by atoms with Gasteiger partial charge in [0.1, 0.15) is 0 Å². The zero-order chi connectivity index (χ0) is 13.3. The predicted octanol–water partition coefficient (Wildman–Crippen LogP) is 3.29. The summed E-state index contributed by atoms with van der Waals surface area (Å²) in [5, 5.41) is 0. The molecule has 1 aliphatic rings. The van der Waals surface area contributed by atoms with E-state index in [1.807, 2.05) is 19.9 Å². The molecule has 2 atom stereocenters. The van der Waals surface area contributed by atoms with Crippen LogP contribution in [-0.4, -0.2) is 20.0 Å². The summed E-state index contributed by atoms with van der Waals surface area (Å²) in [6, 6.07) is 8.83. The van der Waals surface area contributed by atoms with Gasteiger partial charge in [-0.1, -0.05) is 53.1 Å². The Morgan fingerprint density at radius 2 is 1.83 bits per heavy atom. The van der Waals surface area contributed by atoms with Gasteiger partial charge in [0.2, 0.25) is 0 Å². The number of Topliss-reactive ketones (excluding diaryl/α,β-unsaturated/α-hetero) is 1. The van der Waals surface area contributed by atoms with Crippen molar-refractivity contribution < 1.29 is 9.00 Å². The van der Waals surface area contributed by atoms with Crippen LogP contribution in [0.25, 0.3) is 0 Å². The van der Waals surface area contributed by atoms with Crippen LogP contribution in [-0.2, 0) is 10.8 Å². The normalized spacial score (nSPS) is 28.3. The summed E-state index contributed by atoms with van der Waals surface area (Å²) in [6.45, 7) is 3.89. The molecule has 1 aromatic carbocycles. The Hall–Kier alpha value is -0.930. The monoisotopic (exact) mass is 282 g/mol. The van der Waals surface area contributed by atoms with Crippen LogP contribution in [0.2, 0.25) is 0 Å². The molecular weight excluding hydrogens is 268 g/mol. The molecule has 96 valence electrons. The van der Waals surface area contributed by atoms with E-state index in [0.29, 0.717) is 17.7 Å². The molecule has 0 fully saturated rings. The average Bonchev–Trinajstić information content (AvgIpc) is 2.37. The van der Waals surface area contributed by atoms with Crippen LogP contribution in [0.1, 0.15) is 30.6 Å². The van der Waals surface area contributed by atoms with Crippen molar-refractivity contribution in [2.24, 2.45) is 0 Å². The number of hydrogen-bond acceptors (Lipinski definition) is 2. The highest BCUT2D eigenvalue weighted by atomic mass is 35.5. The van der Waals surface area contributed by atoms with Crippen LogP contribution in [0.4, 0.5) is 0 Å². The van der Waals surface area contributed by atoms with Crippen LogP contribution in [0, 0.1) is 0 Å². The highest BCUT2D eigenvalue weighted by Gasteiger charge is 2.45. The molecule has 1 aliphatic heterocycles. The van der Waals surface area contributed by atoms with Gasteiger partial charge in [-0.2, -0.15) is 0 Å². The Morgan fingerprint density at radius 1 is 1.22 bits per heavy atom. The molecule has 0 unspecified atom stereocenters. The fourth-order valence-electron chi connectivity index (χ4n) is 2.00. The number of alkyl halides is 1. The van der Waals surface area contributed by atoms with Gasteiger partial charge in [0.15, 0.2) is 9.99 Å². The molecule has 0 aromatic heterocycles. The van der Waals surface area contributed by atoms with Crippen molar-refractivity contribution in [3.05, 3.63) is 47.0 Å². The van der Waals surface area contributed by atoms with E-state index in [1.165, 1.54) is 0 Å². The van der Waals surface area contributed by atoms with E-state index in [2.05, 4.69) is 0 Å². The van der Waals surface area contributed by atoms with Gasteiger partial charge in [-0.05, 0) is 13.8 Å². The predicted molar refractivity (Wildman–Crippen MR) is 75.4 cm³/mol. The third-order valence-electron chi connectivity index (χ3n) is 3.30. The molecule has 2 rings (SSSR count). The zero-order valence-corrected chi connectivity index (χ0v) is 12.0. The highest BCUT2D eigenvalue weighted by molar-refractivity contribution is 7.89. The third-order valence-corrected chi connectivity index (χ3v) is 5.87. The number of hydrogen-bond donors (Lipinski definition) is 0. The number of halogens is 1. The molecule has 1 aromatic rings. The Bertz CT molecular complexity index is 536. The minimum absolute atomic E-state index is 0.241. The molecule has 0 N–H and O–H groups in total. The van der Waals surface area contributed by atoms with Crippen molar-refractivity contribution in [3.8, 4) is 0 Å². The van der Waals surface area contributed by atoms with Gasteiger partial charge >= 0.3 is 0 Å². The largest absolute Gasteiger partial charge is 0.291 e. The highest BCUT2D eigenvalue weighted by Crippen LogP contribution is 2.37. The summed E-state index contributed by atoms with van der Waals surface area (Å²) in [6.07, 6.45) is 0.362. The van der Waals surface area contributed by atoms with E-state index in [-0.39, 0.29) is 5.78 Å².